The van der Waals surface area contributed by atoms with E-state index in [1.807, 2.05) is 43.3 Å². The van der Waals surface area contributed by atoms with Crippen LogP contribution in [-0.2, 0) is 9.53 Å². The maximum atomic E-state index is 11.9. The van der Waals surface area contributed by atoms with E-state index in [1.165, 1.54) is 16.7 Å². The summed E-state index contributed by atoms with van der Waals surface area (Å²) in [6, 6.07) is 9.72. The zero-order valence-electron chi connectivity index (χ0n) is 11.8. The van der Waals surface area contributed by atoms with Crippen LogP contribution in [0.15, 0.2) is 59.7 Å². The molecule has 1 aliphatic heterocycles. The molecule has 1 heterocycles. The normalized spacial score (nSPS) is 17.5. The van der Waals surface area contributed by atoms with Gasteiger partial charge in [0.25, 0.3) is 5.91 Å². The molecule has 0 spiro atoms. The van der Waals surface area contributed by atoms with Crippen LogP contribution in [0.5, 0.6) is 0 Å². The lowest BCUT2D eigenvalue weighted by molar-refractivity contribution is -0.121. The summed E-state index contributed by atoms with van der Waals surface area (Å²) in [5, 5.41) is 0. The first kappa shape index (κ1) is 15.5. The first-order chi connectivity index (χ1) is 10.0. The van der Waals surface area contributed by atoms with Crippen LogP contribution in [0.3, 0.4) is 0 Å². The number of hydrogen-bond acceptors (Lipinski definition) is 4. The summed E-state index contributed by atoms with van der Waals surface area (Å²) in [4.78, 5) is 13.9. The first-order valence-electron chi connectivity index (χ1n) is 6.33. The number of nitrogens with zero attached hydrogens (tertiary/aromatic N) is 1. The molecule has 0 N–H and O–H groups in total. The topological polar surface area (TPSA) is 29.5 Å². The number of ether oxygens (including phenoxy) is 1. The number of allylic oxidation sites excluding steroid dienone is 2. The van der Waals surface area contributed by atoms with Gasteiger partial charge < -0.3 is 4.74 Å². The Hall–Kier alpha value is -1.85. The molecular formula is C16H15NO2S2. The average molecular weight is 317 g/mol. The molecule has 1 aliphatic rings. The van der Waals surface area contributed by atoms with Crippen LogP contribution < -0.4 is 0 Å². The van der Waals surface area contributed by atoms with Crippen LogP contribution in [0.1, 0.15) is 12.5 Å². The van der Waals surface area contributed by atoms with E-state index >= 15 is 0 Å². The van der Waals surface area contributed by atoms with Gasteiger partial charge in [-0.3, -0.25) is 9.69 Å². The van der Waals surface area contributed by atoms with E-state index in [4.69, 9.17) is 17.0 Å². The van der Waals surface area contributed by atoms with Crippen molar-refractivity contribution in [1.29, 1.82) is 0 Å². The third-order valence-electron chi connectivity index (χ3n) is 2.84. The second-order valence-electron chi connectivity index (χ2n) is 4.33. The third kappa shape index (κ3) is 3.62. The van der Waals surface area contributed by atoms with Crippen molar-refractivity contribution in [2.45, 2.75) is 6.92 Å². The minimum atomic E-state index is -0.128. The SMILES string of the molecule is C=C(/C=C1\SC(=S)N(C)C1=O)O/C(=C\C)c1ccccc1. The van der Waals surface area contributed by atoms with Crippen molar-refractivity contribution in [2.24, 2.45) is 0 Å². The van der Waals surface area contributed by atoms with Crippen molar-refractivity contribution in [3.63, 3.8) is 0 Å². The van der Waals surface area contributed by atoms with Gasteiger partial charge in [-0.05, 0) is 19.1 Å². The van der Waals surface area contributed by atoms with E-state index in [9.17, 15) is 4.79 Å². The van der Waals surface area contributed by atoms with Crippen molar-refractivity contribution >= 4 is 40.0 Å². The largest absolute Gasteiger partial charge is 0.458 e. The number of thioether (sulfide) groups is 1. The molecule has 0 unspecified atom stereocenters. The van der Waals surface area contributed by atoms with E-state index in [2.05, 4.69) is 6.58 Å². The van der Waals surface area contributed by atoms with E-state index in [1.54, 1.807) is 13.1 Å². The molecule has 0 aromatic heterocycles. The highest BCUT2D eigenvalue weighted by molar-refractivity contribution is 8.26. The summed E-state index contributed by atoms with van der Waals surface area (Å²) in [6.07, 6.45) is 3.48. The number of benzene rings is 1. The van der Waals surface area contributed by atoms with Gasteiger partial charge in [-0.1, -0.05) is 60.9 Å². The number of amides is 1. The van der Waals surface area contributed by atoms with Crippen LogP contribution in [0.4, 0.5) is 0 Å². The maximum absolute atomic E-state index is 11.9. The average Bonchev–Trinajstić information content (AvgIpc) is 2.73. The lowest BCUT2D eigenvalue weighted by Gasteiger charge is -2.10. The van der Waals surface area contributed by atoms with Gasteiger partial charge in [0.15, 0.2) is 0 Å². The number of likely N-dealkylation sites (N-methyl/N-ethyl adjacent to an activating group) is 1. The van der Waals surface area contributed by atoms with Gasteiger partial charge in [-0.25, -0.2) is 0 Å². The molecular weight excluding hydrogens is 302 g/mol. The zero-order valence-corrected chi connectivity index (χ0v) is 13.5. The first-order valence-corrected chi connectivity index (χ1v) is 7.55. The lowest BCUT2D eigenvalue weighted by Crippen LogP contribution is -2.22. The Labute approximate surface area is 134 Å². The van der Waals surface area contributed by atoms with Gasteiger partial charge in [-0.2, -0.15) is 0 Å². The van der Waals surface area contributed by atoms with Crippen molar-refractivity contribution < 1.29 is 9.53 Å². The summed E-state index contributed by atoms with van der Waals surface area (Å²) in [5.74, 6) is 0.973. The fraction of sp³-hybridized carbons (Fsp3) is 0.125. The number of thiocarbonyl (C=S) groups is 1. The highest BCUT2D eigenvalue weighted by Gasteiger charge is 2.28. The molecule has 1 aromatic carbocycles. The van der Waals surface area contributed by atoms with Gasteiger partial charge in [0.1, 0.15) is 15.8 Å². The Bertz CT molecular complexity index is 648. The minimum Gasteiger partial charge on any atom is -0.458 e. The zero-order chi connectivity index (χ0) is 15.4. The van der Waals surface area contributed by atoms with Gasteiger partial charge in [0.2, 0.25) is 0 Å². The van der Waals surface area contributed by atoms with Crippen molar-refractivity contribution in [2.75, 3.05) is 7.05 Å². The Morgan fingerprint density at radius 1 is 1.38 bits per heavy atom. The molecule has 0 atom stereocenters. The molecule has 21 heavy (non-hydrogen) atoms. The molecule has 5 heteroatoms. The van der Waals surface area contributed by atoms with E-state index in [-0.39, 0.29) is 5.91 Å². The smallest absolute Gasteiger partial charge is 0.266 e. The molecule has 108 valence electrons. The van der Waals surface area contributed by atoms with Gasteiger partial charge in [0, 0.05) is 12.6 Å². The molecule has 0 aliphatic carbocycles. The Balaban J connectivity index is 2.12. The summed E-state index contributed by atoms with van der Waals surface area (Å²) < 4.78 is 6.26. The van der Waals surface area contributed by atoms with Gasteiger partial charge in [0.05, 0.1) is 4.91 Å². The second kappa shape index (κ2) is 6.74. The second-order valence-corrected chi connectivity index (χ2v) is 6.00. The van der Waals surface area contributed by atoms with Crippen molar-refractivity contribution in [3.8, 4) is 0 Å². The van der Waals surface area contributed by atoms with E-state index in [0.29, 0.717) is 20.7 Å². The monoisotopic (exact) mass is 317 g/mol. The summed E-state index contributed by atoms with van der Waals surface area (Å²) in [5.41, 5.74) is 0.956. The quantitative estimate of drug-likeness (QED) is 0.478. The molecule has 1 amide bonds. The number of hydrogen-bond donors (Lipinski definition) is 0. The number of carbonyl (C=O) groups is 1. The molecule has 0 bridgehead atoms. The predicted molar refractivity (Wildman–Crippen MR) is 91.4 cm³/mol. The van der Waals surface area contributed by atoms with E-state index in [0.717, 1.165) is 5.56 Å². The third-order valence-corrected chi connectivity index (χ3v) is 4.32. The Morgan fingerprint density at radius 2 is 2.05 bits per heavy atom. The summed E-state index contributed by atoms with van der Waals surface area (Å²) in [7, 11) is 1.66. The molecule has 3 nitrogen and oxygen atoms in total. The van der Waals surface area contributed by atoms with E-state index < -0.39 is 0 Å². The van der Waals surface area contributed by atoms with Crippen LogP contribution in [0.2, 0.25) is 0 Å². The van der Waals surface area contributed by atoms with Gasteiger partial charge in [-0.15, -0.1) is 0 Å². The van der Waals surface area contributed by atoms with Crippen LogP contribution >= 0.6 is 24.0 Å². The Morgan fingerprint density at radius 3 is 2.57 bits per heavy atom. The highest BCUT2D eigenvalue weighted by atomic mass is 32.2. The van der Waals surface area contributed by atoms with Crippen LogP contribution in [0, 0.1) is 0 Å². The predicted octanol–water partition coefficient (Wildman–Crippen LogP) is 3.95. The molecule has 0 radical (unpaired) electrons. The van der Waals surface area contributed by atoms with Crippen LogP contribution in [0.25, 0.3) is 5.76 Å². The fourth-order valence-corrected chi connectivity index (χ4v) is 2.92. The fourth-order valence-electron chi connectivity index (χ4n) is 1.75. The molecule has 2 rings (SSSR count). The molecule has 1 saturated heterocycles. The van der Waals surface area contributed by atoms with Crippen molar-refractivity contribution in [3.05, 3.63) is 65.3 Å². The summed E-state index contributed by atoms with van der Waals surface area (Å²) in [6.45, 7) is 5.74. The minimum absolute atomic E-state index is 0.128. The summed E-state index contributed by atoms with van der Waals surface area (Å²) >= 11 is 6.33. The molecule has 1 aromatic rings. The number of rotatable bonds is 4. The lowest BCUT2D eigenvalue weighted by atomic mass is 10.2. The van der Waals surface area contributed by atoms with Gasteiger partial charge >= 0.3 is 0 Å². The van der Waals surface area contributed by atoms with Crippen molar-refractivity contribution in [1.82, 2.24) is 4.90 Å². The maximum Gasteiger partial charge on any atom is 0.266 e. The highest BCUT2D eigenvalue weighted by Crippen LogP contribution is 2.31. The standard InChI is InChI=1S/C16H15NO2S2/c1-4-13(12-8-6-5-7-9-12)19-11(2)10-14-15(18)17(3)16(20)21-14/h4-10H,2H2,1,3H3/b13-4-,14-10-. The molecule has 1 fully saturated rings. The Kier molecular flexibility index (Phi) is 4.98. The molecule has 0 saturated carbocycles. The van der Waals surface area contributed by atoms with Crippen LogP contribution in [-0.4, -0.2) is 22.2 Å². The number of carbonyl (C=O) groups excluding carboxylic acids is 1.